The Morgan fingerprint density at radius 2 is 1.78 bits per heavy atom. The van der Waals surface area contributed by atoms with Crippen LogP contribution in [0.1, 0.15) is 44.1 Å². The number of rotatable bonds is 8. The van der Waals surface area contributed by atoms with Crippen LogP contribution in [0.4, 0.5) is 4.39 Å². The molecule has 5 rings (SSSR count). The zero-order valence-electron chi connectivity index (χ0n) is 18.2. The second-order valence-corrected chi connectivity index (χ2v) is 9.26. The lowest BCUT2D eigenvalue weighted by Crippen LogP contribution is -2.44. The molecule has 168 valence electrons. The molecular formula is C25H29FN4O2. The number of halogens is 1. The van der Waals surface area contributed by atoms with Crippen LogP contribution in [0, 0.1) is 11.7 Å². The van der Waals surface area contributed by atoms with Crippen LogP contribution in [0.5, 0.6) is 0 Å². The second-order valence-electron chi connectivity index (χ2n) is 9.26. The Morgan fingerprint density at radius 3 is 2.53 bits per heavy atom. The molecule has 0 aliphatic carbocycles. The van der Waals surface area contributed by atoms with E-state index in [1.165, 1.54) is 18.9 Å². The number of ketones is 1. The van der Waals surface area contributed by atoms with E-state index in [1.807, 2.05) is 18.2 Å². The Hall–Kier alpha value is -2.80. The molecular weight excluding hydrogens is 407 g/mol. The monoisotopic (exact) mass is 436 g/mol. The van der Waals surface area contributed by atoms with Crippen molar-refractivity contribution >= 4 is 11.4 Å². The number of pyridine rings is 1. The number of nitrogens with zero attached hydrogens (tertiary/aromatic N) is 4. The predicted octanol–water partition coefficient (Wildman–Crippen LogP) is 3.47. The third-order valence-corrected chi connectivity index (χ3v) is 7.12. The van der Waals surface area contributed by atoms with Crippen LogP contribution in [-0.2, 0) is 17.8 Å². The molecule has 7 heteroatoms. The number of aromatic nitrogens is 3. The van der Waals surface area contributed by atoms with Gasteiger partial charge in [-0.25, -0.2) is 13.9 Å². The van der Waals surface area contributed by atoms with Gasteiger partial charge in [0.2, 0.25) is 0 Å². The van der Waals surface area contributed by atoms with Crippen molar-refractivity contribution < 1.29 is 9.18 Å². The first-order chi connectivity index (χ1) is 15.6. The first-order valence-corrected chi connectivity index (χ1v) is 11.6. The zero-order valence-corrected chi connectivity index (χ0v) is 18.2. The number of hydrogen-bond acceptors (Lipinski definition) is 4. The van der Waals surface area contributed by atoms with Crippen molar-refractivity contribution in [2.24, 2.45) is 5.92 Å². The summed E-state index contributed by atoms with van der Waals surface area (Å²) < 4.78 is 17.0. The second kappa shape index (κ2) is 8.98. The van der Waals surface area contributed by atoms with Crippen LogP contribution in [-0.4, -0.2) is 43.5 Å². The number of carbonyl (C=O) groups excluding carboxylic acids is 1. The number of Topliss-reactive ketones (excluding diaryl/α,β-unsaturated/α-hetero) is 1. The van der Waals surface area contributed by atoms with Crippen molar-refractivity contribution in [3.05, 3.63) is 70.5 Å². The van der Waals surface area contributed by atoms with Gasteiger partial charge < -0.3 is 0 Å². The minimum absolute atomic E-state index is 0.0874. The summed E-state index contributed by atoms with van der Waals surface area (Å²) in [5, 5.41) is 4.42. The molecule has 1 aromatic carbocycles. The van der Waals surface area contributed by atoms with Gasteiger partial charge in [0, 0.05) is 44.2 Å². The molecule has 32 heavy (non-hydrogen) atoms. The average Bonchev–Trinajstić information content (AvgIpc) is 3.22. The highest BCUT2D eigenvalue weighted by molar-refractivity contribution is 5.81. The maximum atomic E-state index is 13.9. The Labute approximate surface area is 186 Å². The molecule has 0 spiro atoms. The van der Waals surface area contributed by atoms with Crippen molar-refractivity contribution in [1.29, 1.82) is 0 Å². The van der Waals surface area contributed by atoms with E-state index in [0.717, 1.165) is 25.8 Å². The maximum absolute atomic E-state index is 13.9. The highest BCUT2D eigenvalue weighted by Crippen LogP contribution is 2.40. The molecule has 0 radical (unpaired) electrons. The van der Waals surface area contributed by atoms with E-state index in [4.69, 9.17) is 0 Å². The fourth-order valence-electron chi connectivity index (χ4n) is 5.68. The first kappa shape index (κ1) is 21.1. The standard InChI is InChI=1S/C25H29FN4O2/c26-23-7-2-1-6-19(23)17-22(31)16-18-14-20-9-10-21(15-18)28(20)12-5-13-30-25(32)29-11-4-3-8-24(29)27-30/h1-4,6-8,11,18,20-21H,5,9-10,12-17H2. The lowest BCUT2D eigenvalue weighted by Gasteiger charge is -2.39. The highest BCUT2D eigenvalue weighted by atomic mass is 19.1. The first-order valence-electron chi connectivity index (χ1n) is 11.6. The van der Waals surface area contributed by atoms with Crippen LogP contribution in [0.25, 0.3) is 5.65 Å². The van der Waals surface area contributed by atoms with E-state index >= 15 is 0 Å². The van der Waals surface area contributed by atoms with Crippen molar-refractivity contribution in [1.82, 2.24) is 19.1 Å². The molecule has 0 saturated carbocycles. The number of benzene rings is 1. The SMILES string of the molecule is O=C(Cc1ccccc1F)CC1CC2CCC(C1)N2CCCn1nc2ccccn2c1=O. The smallest absolute Gasteiger partial charge is 0.299 e. The number of fused-ring (bicyclic) bond motifs is 3. The molecule has 2 atom stereocenters. The molecule has 2 saturated heterocycles. The fourth-order valence-corrected chi connectivity index (χ4v) is 5.68. The molecule has 2 bridgehead atoms. The molecule has 6 nitrogen and oxygen atoms in total. The molecule has 2 fully saturated rings. The zero-order chi connectivity index (χ0) is 22.1. The van der Waals surface area contributed by atoms with E-state index in [2.05, 4.69) is 10.00 Å². The molecule has 3 aromatic rings. The van der Waals surface area contributed by atoms with Crippen molar-refractivity contribution in [2.45, 2.75) is 63.6 Å². The molecule has 2 unspecified atom stereocenters. The minimum Gasteiger partial charge on any atom is -0.299 e. The summed E-state index contributed by atoms with van der Waals surface area (Å²) in [6.07, 6.45) is 7.80. The maximum Gasteiger partial charge on any atom is 0.350 e. The van der Waals surface area contributed by atoms with Crippen LogP contribution >= 0.6 is 0 Å². The van der Waals surface area contributed by atoms with Gasteiger partial charge in [-0.2, -0.15) is 0 Å². The summed E-state index contributed by atoms with van der Waals surface area (Å²) in [5.41, 5.74) is 1.09. The Morgan fingerprint density at radius 1 is 1.03 bits per heavy atom. The van der Waals surface area contributed by atoms with Gasteiger partial charge >= 0.3 is 5.69 Å². The lowest BCUT2D eigenvalue weighted by molar-refractivity contribution is -0.119. The largest absolute Gasteiger partial charge is 0.350 e. The van der Waals surface area contributed by atoms with Gasteiger partial charge in [0.1, 0.15) is 11.6 Å². The average molecular weight is 437 g/mol. The summed E-state index contributed by atoms with van der Waals surface area (Å²) >= 11 is 0. The summed E-state index contributed by atoms with van der Waals surface area (Å²) in [6, 6.07) is 13.1. The summed E-state index contributed by atoms with van der Waals surface area (Å²) in [4.78, 5) is 27.6. The summed E-state index contributed by atoms with van der Waals surface area (Å²) in [7, 11) is 0. The lowest BCUT2D eigenvalue weighted by atomic mass is 9.85. The van der Waals surface area contributed by atoms with Gasteiger partial charge in [0.05, 0.1) is 0 Å². The quantitative estimate of drug-likeness (QED) is 0.543. The molecule has 0 N–H and O–H groups in total. The number of carbonyl (C=O) groups is 1. The van der Waals surface area contributed by atoms with Crippen LogP contribution < -0.4 is 5.69 Å². The van der Waals surface area contributed by atoms with Gasteiger partial charge in [0.25, 0.3) is 0 Å². The van der Waals surface area contributed by atoms with E-state index in [0.29, 0.717) is 42.2 Å². The molecule has 4 heterocycles. The third kappa shape index (κ3) is 4.26. The van der Waals surface area contributed by atoms with Gasteiger partial charge in [-0.15, -0.1) is 5.10 Å². The van der Waals surface area contributed by atoms with Crippen molar-refractivity contribution in [3.8, 4) is 0 Å². The Balaban J connectivity index is 1.13. The summed E-state index contributed by atoms with van der Waals surface area (Å²) in [6.45, 7) is 1.56. The number of aryl methyl sites for hydroxylation is 1. The normalized spacial score (nSPS) is 23.1. The Kier molecular flexibility index (Phi) is 5.91. The highest BCUT2D eigenvalue weighted by Gasteiger charge is 2.40. The van der Waals surface area contributed by atoms with E-state index in [9.17, 15) is 14.0 Å². The van der Waals surface area contributed by atoms with Crippen molar-refractivity contribution in [3.63, 3.8) is 0 Å². The van der Waals surface area contributed by atoms with Crippen LogP contribution in [0.3, 0.4) is 0 Å². The van der Waals surface area contributed by atoms with Gasteiger partial charge in [-0.05, 0) is 61.8 Å². The van der Waals surface area contributed by atoms with Gasteiger partial charge in [-0.3, -0.25) is 14.1 Å². The fraction of sp³-hybridized carbons (Fsp3) is 0.480. The molecule has 2 aromatic heterocycles. The summed E-state index contributed by atoms with van der Waals surface area (Å²) in [5.74, 6) is 0.240. The topological polar surface area (TPSA) is 59.6 Å². The van der Waals surface area contributed by atoms with E-state index in [1.54, 1.807) is 33.5 Å². The molecule has 2 aliphatic rings. The van der Waals surface area contributed by atoms with Gasteiger partial charge in [0.15, 0.2) is 5.65 Å². The number of piperidine rings is 1. The molecule has 0 amide bonds. The predicted molar refractivity (Wildman–Crippen MR) is 120 cm³/mol. The number of hydrogen-bond donors (Lipinski definition) is 0. The molecule has 2 aliphatic heterocycles. The minimum atomic E-state index is -0.291. The van der Waals surface area contributed by atoms with E-state index < -0.39 is 0 Å². The van der Waals surface area contributed by atoms with Crippen molar-refractivity contribution in [2.75, 3.05) is 6.54 Å². The Bertz CT molecular complexity index is 1160. The van der Waals surface area contributed by atoms with Crippen LogP contribution in [0.15, 0.2) is 53.5 Å². The van der Waals surface area contributed by atoms with Gasteiger partial charge in [-0.1, -0.05) is 24.3 Å². The third-order valence-electron chi connectivity index (χ3n) is 7.12. The van der Waals surface area contributed by atoms with Crippen LogP contribution in [0.2, 0.25) is 0 Å². The van der Waals surface area contributed by atoms with E-state index in [-0.39, 0.29) is 23.7 Å².